The Kier molecular flexibility index (Phi) is 4.19. The van der Waals surface area contributed by atoms with Gasteiger partial charge in [-0.3, -0.25) is 9.59 Å². The van der Waals surface area contributed by atoms with Gasteiger partial charge in [0.25, 0.3) is 5.91 Å². The van der Waals surface area contributed by atoms with Crippen molar-refractivity contribution < 1.29 is 19.1 Å². The Bertz CT molecular complexity index is 754. The van der Waals surface area contributed by atoms with Crippen molar-refractivity contribution in [2.75, 3.05) is 26.4 Å². The van der Waals surface area contributed by atoms with Gasteiger partial charge in [-0.25, -0.2) is 0 Å². The Morgan fingerprint density at radius 1 is 1.04 bits per heavy atom. The zero-order chi connectivity index (χ0) is 18.4. The molecule has 7 heteroatoms. The number of likely N-dealkylation sites (tertiary alicyclic amines) is 1. The smallest absolute Gasteiger partial charge is 0.254 e. The van der Waals surface area contributed by atoms with Crippen molar-refractivity contribution in [1.29, 1.82) is 0 Å². The fraction of sp³-hybridized carbons (Fsp3) is 0.600. The molecule has 0 spiro atoms. The third-order valence-corrected chi connectivity index (χ3v) is 6.33. The van der Waals surface area contributed by atoms with Gasteiger partial charge in [-0.2, -0.15) is 0 Å². The topological polar surface area (TPSA) is 71.1 Å². The van der Waals surface area contributed by atoms with Crippen LogP contribution in [0.1, 0.15) is 42.5 Å². The van der Waals surface area contributed by atoms with E-state index >= 15 is 0 Å². The molecule has 7 nitrogen and oxygen atoms in total. The lowest BCUT2D eigenvalue weighted by molar-refractivity contribution is -0.137. The van der Waals surface area contributed by atoms with E-state index in [9.17, 15) is 9.59 Å². The van der Waals surface area contributed by atoms with E-state index in [1.807, 2.05) is 0 Å². The highest BCUT2D eigenvalue weighted by atomic mass is 16.7. The first kappa shape index (κ1) is 16.9. The SMILES string of the molecule is O=C(c1ccc2c(c1)OCO2)N1CCCC1C(=O)N1C2CCNCC1CC2. The van der Waals surface area contributed by atoms with Crippen LogP contribution in [0.25, 0.3) is 0 Å². The van der Waals surface area contributed by atoms with Crippen LogP contribution in [0.15, 0.2) is 18.2 Å². The second kappa shape index (κ2) is 6.71. The van der Waals surface area contributed by atoms with E-state index in [4.69, 9.17) is 9.47 Å². The molecule has 5 rings (SSSR count). The van der Waals surface area contributed by atoms with Crippen molar-refractivity contribution in [3.63, 3.8) is 0 Å². The molecule has 27 heavy (non-hydrogen) atoms. The van der Waals surface area contributed by atoms with E-state index in [0.29, 0.717) is 29.6 Å². The molecule has 0 aromatic heterocycles. The van der Waals surface area contributed by atoms with Crippen LogP contribution in [0.4, 0.5) is 0 Å². The highest BCUT2D eigenvalue weighted by Crippen LogP contribution is 2.35. The van der Waals surface area contributed by atoms with Crippen molar-refractivity contribution in [1.82, 2.24) is 15.1 Å². The number of hydrogen-bond acceptors (Lipinski definition) is 5. The summed E-state index contributed by atoms with van der Waals surface area (Å²) >= 11 is 0. The lowest BCUT2D eigenvalue weighted by Crippen LogP contribution is -2.52. The number of benzene rings is 1. The summed E-state index contributed by atoms with van der Waals surface area (Å²) in [5, 5.41) is 3.44. The number of fused-ring (bicyclic) bond motifs is 3. The highest BCUT2D eigenvalue weighted by molar-refractivity contribution is 5.98. The fourth-order valence-corrected chi connectivity index (χ4v) is 4.98. The van der Waals surface area contributed by atoms with E-state index in [0.717, 1.165) is 45.2 Å². The summed E-state index contributed by atoms with van der Waals surface area (Å²) in [6, 6.07) is 5.50. The van der Waals surface area contributed by atoms with Gasteiger partial charge in [0, 0.05) is 30.7 Å². The minimum Gasteiger partial charge on any atom is -0.454 e. The molecule has 3 unspecified atom stereocenters. The molecular weight excluding hydrogens is 346 g/mol. The maximum absolute atomic E-state index is 13.4. The molecule has 0 radical (unpaired) electrons. The molecule has 144 valence electrons. The van der Waals surface area contributed by atoms with Gasteiger partial charge < -0.3 is 24.6 Å². The molecule has 1 aromatic carbocycles. The monoisotopic (exact) mass is 371 g/mol. The minimum atomic E-state index is -0.343. The molecule has 2 bridgehead atoms. The molecule has 4 aliphatic heterocycles. The van der Waals surface area contributed by atoms with Crippen LogP contribution in [0.3, 0.4) is 0 Å². The largest absolute Gasteiger partial charge is 0.454 e. The first-order valence-electron chi connectivity index (χ1n) is 9.96. The molecule has 0 aliphatic carbocycles. The lowest BCUT2D eigenvalue weighted by atomic mass is 10.1. The average molecular weight is 371 g/mol. The summed E-state index contributed by atoms with van der Waals surface area (Å²) in [6.45, 7) is 2.65. The molecule has 2 amide bonds. The maximum Gasteiger partial charge on any atom is 0.254 e. The van der Waals surface area contributed by atoms with Gasteiger partial charge in [0.05, 0.1) is 0 Å². The van der Waals surface area contributed by atoms with Gasteiger partial charge in [0.2, 0.25) is 12.7 Å². The maximum atomic E-state index is 13.4. The summed E-state index contributed by atoms with van der Waals surface area (Å²) in [6.07, 6.45) is 4.77. The highest BCUT2D eigenvalue weighted by Gasteiger charge is 2.44. The van der Waals surface area contributed by atoms with E-state index in [-0.39, 0.29) is 30.7 Å². The molecule has 1 aromatic rings. The Balaban J connectivity index is 1.37. The van der Waals surface area contributed by atoms with Crippen molar-refractivity contribution >= 4 is 11.8 Å². The van der Waals surface area contributed by atoms with Crippen molar-refractivity contribution in [3.05, 3.63) is 23.8 Å². The van der Waals surface area contributed by atoms with E-state index in [1.54, 1.807) is 23.1 Å². The van der Waals surface area contributed by atoms with E-state index < -0.39 is 0 Å². The molecule has 4 aliphatic rings. The third-order valence-electron chi connectivity index (χ3n) is 6.33. The van der Waals surface area contributed by atoms with Crippen LogP contribution in [-0.4, -0.2) is 66.2 Å². The molecule has 1 N–H and O–H groups in total. The van der Waals surface area contributed by atoms with E-state index in [2.05, 4.69) is 10.2 Å². The normalized spacial score (nSPS) is 29.1. The van der Waals surface area contributed by atoms with Crippen LogP contribution >= 0.6 is 0 Å². The van der Waals surface area contributed by atoms with Crippen molar-refractivity contribution in [2.24, 2.45) is 0 Å². The van der Waals surface area contributed by atoms with Gasteiger partial charge in [0.15, 0.2) is 11.5 Å². The number of amides is 2. The third kappa shape index (κ3) is 2.84. The number of carbonyl (C=O) groups excluding carboxylic acids is 2. The van der Waals surface area contributed by atoms with Crippen molar-refractivity contribution in [3.8, 4) is 11.5 Å². The molecule has 0 saturated carbocycles. The fourth-order valence-electron chi connectivity index (χ4n) is 4.98. The second-order valence-corrected chi connectivity index (χ2v) is 7.85. The van der Waals surface area contributed by atoms with E-state index in [1.165, 1.54) is 0 Å². The van der Waals surface area contributed by atoms with Crippen LogP contribution in [0.5, 0.6) is 11.5 Å². The summed E-state index contributed by atoms with van der Waals surface area (Å²) in [4.78, 5) is 30.4. The minimum absolute atomic E-state index is 0.0931. The predicted octanol–water partition coefficient (Wildman–Crippen LogP) is 1.37. The van der Waals surface area contributed by atoms with Crippen LogP contribution in [-0.2, 0) is 4.79 Å². The number of nitrogens with one attached hydrogen (secondary N) is 1. The summed E-state index contributed by atoms with van der Waals surface area (Å²) < 4.78 is 10.7. The molecule has 3 atom stereocenters. The summed E-state index contributed by atoms with van der Waals surface area (Å²) in [7, 11) is 0. The van der Waals surface area contributed by atoms with Crippen LogP contribution in [0.2, 0.25) is 0 Å². The summed E-state index contributed by atoms with van der Waals surface area (Å²) in [5.74, 6) is 1.30. The standard InChI is InChI=1S/C20H25N3O4/c24-19(13-3-6-17-18(10-13)27-12-26-17)22-9-1-2-16(22)20(25)23-14-4-5-15(23)11-21-8-7-14/h3,6,10,14-16,21H,1-2,4-5,7-9,11-12H2. The molecule has 3 saturated heterocycles. The first-order chi connectivity index (χ1) is 13.2. The van der Waals surface area contributed by atoms with Crippen molar-refractivity contribution in [2.45, 2.75) is 50.2 Å². The Hall–Kier alpha value is -2.28. The lowest BCUT2D eigenvalue weighted by Gasteiger charge is -2.33. The molecule has 3 fully saturated rings. The first-order valence-corrected chi connectivity index (χ1v) is 9.96. The van der Waals surface area contributed by atoms with Gasteiger partial charge in [-0.1, -0.05) is 0 Å². The molecular formula is C20H25N3O4. The Morgan fingerprint density at radius 2 is 1.89 bits per heavy atom. The number of nitrogens with zero attached hydrogens (tertiary/aromatic N) is 2. The van der Waals surface area contributed by atoms with Gasteiger partial charge in [0.1, 0.15) is 6.04 Å². The zero-order valence-corrected chi connectivity index (χ0v) is 15.4. The number of carbonyl (C=O) groups is 2. The predicted molar refractivity (Wildman–Crippen MR) is 97.8 cm³/mol. The quantitative estimate of drug-likeness (QED) is 0.850. The van der Waals surface area contributed by atoms with Gasteiger partial charge in [-0.05, 0) is 56.8 Å². The number of rotatable bonds is 2. The molecule has 4 heterocycles. The number of hydrogen-bond donors (Lipinski definition) is 1. The van der Waals surface area contributed by atoms with Gasteiger partial charge >= 0.3 is 0 Å². The summed E-state index contributed by atoms with van der Waals surface area (Å²) in [5.41, 5.74) is 0.555. The van der Waals surface area contributed by atoms with Crippen LogP contribution in [0, 0.1) is 0 Å². The van der Waals surface area contributed by atoms with Crippen LogP contribution < -0.4 is 14.8 Å². The second-order valence-electron chi connectivity index (χ2n) is 7.85. The van der Waals surface area contributed by atoms with Gasteiger partial charge in [-0.15, -0.1) is 0 Å². The Morgan fingerprint density at radius 3 is 2.81 bits per heavy atom. The average Bonchev–Trinajstić information content (AvgIpc) is 3.37. The Labute approximate surface area is 158 Å². The number of ether oxygens (including phenoxy) is 2. The zero-order valence-electron chi connectivity index (χ0n) is 15.4.